The first kappa shape index (κ1) is 17.1. The van der Waals surface area contributed by atoms with Gasteiger partial charge >= 0.3 is 0 Å². The van der Waals surface area contributed by atoms with Crippen LogP contribution in [0.1, 0.15) is 18.4 Å². The third-order valence-corrected chi connectivity index (χ3v) is 6.28. The van der Waals surface area contributed by atoms with Crippen molar-refractivity contribution in [3.05, 3.63) is 22.7 Å². The molecule has 0 aliphatic carbocycles. The average Bonchev–Trinajstić information content (AvgIpc) is 3.06. The Labute approximate surface area is 156 Å². The van der Waals surface area contributed by atoms with Gasteiger partial charge in [-0.15, -0.1) is 0 Å². The lowest BCUT2D eigenvalue weighted by atomic mass is 9.96. The van der Waals surface area contributed by atoms with Gasteiger partial charge in [-0.05, 0) is 37.5 Å². The van der Waals surface area contributed by atoms with E-state index < -0.39 is 0 Å². The number of hydrogen-bond acceptors (Lipinski definition) is 5. The van der Waals surface area contributed by atoms with Crippen molar-refractivity contribution in [1.29, 1.82) is 0 Å². The fraction of sp³-hybridized carbons (Fsp3) is 0.556. The Morgan fingerprint density at radius 3 is 2.92 bits per heavy atom. The summed E-state index contributed by atoms with van der Waals surface area (Å²) in [5.41, 5.74) is 2.12. The molecule has 2 aromatic rings. The lowest BCUT2D eigenvalue weighted by Gasteiger charge is -2.36. The van der Waals surface area contributed by atoms with E-state index in [2.05, 4.69) is 4.90 Å². The van der Waals surface area contributed by atoms with E-state index in [4.69, 9.17) is 21.3 Å². The summed E-state index contributed by atoms with van der Waals surface area (Å²) in [6, 6.07) is 3.93. The monoisotopic (exact) mass is 379 g/mol. The first-order chi connectivity index (χ1) is 12.1. The van der Waals surface area contributed by atoms with E-state index in [9.17, 15) is 4.79 Å². The quantitative estimate of drug-likeness (QED) is 0.802. The molecular formula is C18H22ClN3O2S. The van der Waals surface area contributed by atoms with E-state index in [-0.39, 0.29) is 11.8 Å². The minimum Gasteiger partial charge on any atom is -0.378 e. The molecule has 25 heavy (non-hydrogen) atoms. The number of anilines is 1. The summed E-state index contributed by atoms with van der Waals surface area (Å²) in [7, 11) is 0. The van der Waals surface area contributed by atoms with Crippen molar-refractivity contribution in [3.63, 3.8) is 0 Å². The smallest absolute Gasteiger partial charge is 0.227 e. The molecule has 1 unspecified atom stereocenters. The Bertz CT molecular complexity index is 788. The molecule has 0 bridgehead atoms. The summed E-state index contributed by atoms with van der Waals surface area (Å²) in [6.07, 6.45) is 1.98. The predicted molar refractivity (Wildman–Crippen MR) is 102 cm³/mol. The summed E-state index contributed by atoms with van der Waals surface area (Å²) in [5.74, 6) is 0.330. The molecule has 0 radical (unpaired) electrons. The molecule has 3 heterocycles. The number of benzene rings is 1. The lowest BCUT2D eigenvalue weighted by Crippen LogP contribution is -2.48. The topological polar surface area (TPSA) is 45.7 Å². The fourth-order valence-electron chi connectivity index (χ4n) is 3.67. The van der Waals surface area contributed by atoms with E-state index in [0.29, 0.717) is 26.3 Å². The number of aryl methyl sites for hydroxylation is 1. The lowest BCUT2D eigenvalue weighted by molar-refractivity contribution is -0.139. The number of rotatable bonds is 2. The standard InChI is InChI=1S/C18H22ClN3O2S/c1-12-9-14(19)10-15-16(12)20-18(25-15)22-4-2-3-13(11-22)17(23)21-5-7-24-8-6-21/h9-10,13H,2-8,11H2,1H3. The molecular weight excluding hydrogens is 358 g/mol. The van der Waals surface area contributed by atoms with E-state index >= 15 is 0 Å². The van der Waals surface area contributed by atoms with Crippen molar-refractivity contribution in [2.75, 3.05) is 44.3 Å². The number of thiazole rings is 1. The van der Waals surface area contributed by atoms with E-state index in [1.54, 1.807) is 11.3 Å². The Balaban J connectivity index is 1.53. The van der Waals surface area contributed by atoms with Crippen molar-refractivity contribution in [2.45, 2.75) is 19.8 Å². The second kappa shape index (κ2) is 7.09. The van der Waals surface area contributed by atoms with Crippen LogP contribution in [0.25, 0.3) is 10.2 Å². The highest BCUT2D eigenvalue weighted by Crippen LogP contribution is 2.35. The molecule has 0 N–H and O–H groups in total. The van der Waals surface area contributed by atoms with Crippen LogP contribution >= 0.6 is 22.9 Å². The summed E-state index contributed by atoms with van der Waals surface area (Å²) in [5, 5.41) is 1.75. The highest BCUT2D eigenvalue weighted by Gasteiger charge is 2.31. The van der Waals surface area contributed by atoms with Crippen LogP contribution in [0.5, 0.6) is 0 Å². The molecule has 134 valence electrons. The molecule has 5 nitrogen and oxygen atoms in total. The zero-order chi connectivity index (χ0) is 17.4. The molecule has 7 heteroatoms. The van der Waals surface area contributed by atoms with E-state index in [1.807, 2.05) is 24.0 Å². The highest BCUT2D eigenvalue weighted by atomic mass is 35.5. The molecule has 2 aliphatic heterocycles. The van der Waals surface area contributed by atoms with Crippen molar-refractivity contribution in [2.24, 2.45) is 5.92 Å². The van der Waals surface area contributed by atoms with Gasteiger partial charge in [-0.25, -0.2) is 4.98 Å². The number of aromatic nitrogens is 1. The van der Waals surface area contributed by atoms with Gasteiger partial charge in [0, 0.05) is 31.2 Å². The summed E-state index contributed by atoms with van der Waals surface area (Å²) >= 11 is 7.84. The molecule has 2 saturated heterocycles. The number of piperidine rings is 1. The molecule has 1 amide bonds. The Morgan fingerprint density at radius 2 is 2.12 bits per heavy atom. The molecule has 4 rings (SSSR count). The maximum Gasteiger partial charge on any atom is 0.227 e. The van der Waals surface area contributed by atoms with Gasteiger partial charge in [0.25, 0.3) is 0 Å². The Hall–Kier alpha value is -1.37. The minimum absolute atomic E-state index is 0.0588. The maximum absolute atomic E-state index is 12.8. The normalized spacial score (nSPS) is 21.8. The number of hydrogen-bond donors (Lipinski definition) is 0. The summed E-state index contributed by atoms with van der Waals surface area (Å²) < 4.78 is 6.47. The van der Waals surface area contributed by atoms with Crippen LogP contribution in [0.4, 0.5) is 5.13 Å². The van der Waals surface area contributed by atoms with Gasteiger partial charge in [-0.3, -0.25) is 4.79 Å². The van der Waals surface area contributed by atoms with Gasteiger partial charge in [0.05, 0.1) is 29.3 Å². The number of carbonyl (C=O) groups excluding carboxylic acids is 1. The third kappa shape index (κ3) is 3.48. The second-order valence-corrected chi connectivity index (χ2v) is 8.23. The first-order valence-corrected chi connectivity index (χ1v) is 9.99. The first-order valence-electron chi connectivity index (χ1n) is 8.80. The molecule has 0 spiro atoms. The SMILES string of the molecule is Cc1cc(Cl)cc2sc(N3CCCC(C(=O)N4CCOCC4)C3)nc12. The van der Waals surface area contributed by atoms with Gasteiger partial charge in [0.2, 0.25) is 5.91 Å². The van der Waals surface area contributed by atoms with Gasteiger partial charge < -0.3 is 14.5 Å². The van der Waals surface area contributed by atoms with Gasteiger partial charge in [0.1, 0.15) is 0 Å². The van der Waals surface area contributed by atoms with Crippen molar-refractivity contribution >= 4 is 44.2 Å². The van der Waals surface area contributed by atoms with Crippen LogP contribution in [-0.4, -0.2) is 55.2 Å². The predicted octanol–water partition coefficient (Wildman–Crippen LogP) is 3.33. The number of amides is 1. The number of fused-ring (bicyclic) bond motifs is 1. The van der Waals surface area contributed by atoms with Crippen LogP contribution in [0.15, 0.2) is 12.1 Å². The van der Waals surface area contributed by atoms with E-state index in [1.165, 1.54) is 0 Å². The number of morpholine rings is 1. The largest absolute Gasteiger partial charge is 0.378 e. The molecule has 2 fully saturated rings. The average molecular weight is 380 g/mol. The third-order valence-electron chi connectivity index (χ3n) is 5.00. The molecule has 1 atom stereocenters. The molecule has 1 aromatic heterocycles. The number of nitrogens with zero attached hydrogens (tertiary/aromatic N) is 3. The van der Waals surface area contributed by atoms with E-state index in [0.717, 1.165) is 51.9 Å². The number of ether oxygens (including phenoxy) is 1. The van der Waals surface area contributed by atoms with Crippen LogP contribution in [-0.2, 0) is 9.53 Å². The van der Waals surface area contributed by atoms with Crippen molar-refractivity contribution < 1.29 is 9.53 Å². The highest BCUT2D eigenvalue weighted by molar-refractivity contribution is 7.22. The maximum atomic E-state index is 12.8. The minimum atomic E-state index is 0.0588. The number of carbonyl (C=O) groups is 1. The van der Waals surface area contributed by atoms with Crippen LogP contribution < -0.4 is 4.90 Å². The summed E-state index contributed by atoms with van der Waals surface area (Å²) in [6.45, 7) is 6.49. The molecule has 0 saturated carbocycles. The van der Waals surface area contributed by atoms with Crippen molar-refractivity contribution in [3.8, 4) is 0 Å². The van der Waals surface area contributed by atoms with Gasteiger partial charge in [-0.2, -0.15) is 0 Å². The van der Waals surface area contributed by atoms with Crippen LogP contribution in [0.2, 0.25) is 5.02 Å². The molecule has 1 aromatic carbocycles. The zero-order valence-electron chi connectivity index (χ0n) is 14.3. The zero-order valence-corrected chi connectivity index (χ0v) is 15.9. The summed E-state index contributed by atoms with van der Waals surface area (Å²) in [4.78, 5) is 21.9. The number of halogens is 1. The van der Waals surface area contributed by atoms with Crippen LogP contribution in [0, 0.1) is 12.8 Å². The van der Waals surface area contributed by atoms with Gasteiger partial charge in [-0.1, -0.05) is 22.9 Å². The molecule has 2 aliphatic rings. The van der Waals surface area contributed by atoms with Crippen LogP contribution in [0.3, 0.4) is 0 Å². The Kier molecular flexibility index (Phi) is 4.84. The second-order valence-electron chi connectivity index (χ2n) is 6.79. The Morgan fingerprint density at radius 1 is 1.32 bits per heavy atom. The fourth-order valence-corrected chi connectivity index (χ4v) is 5.13. The van der Waals surface area contributed by atoms with Crippen molar-refractivity contribution in [1.82, 2.24) is 9.88 Å². The van der Waals surface area contributed by atoms with Gasteiger partial charge in [0.15, 0.2) is 5.13 Å².